The van der Waals surface area contributed by atoms with E-state index in [9.17, 15) is 9.18 Å². The predicted octanol–water partition coefficient (Wildman–Crippen LogP) is 4.22. The van der Waals surface area contributed by atoms with E-state index in [1.54, 1.807) is 25.1 Å². The fourth-order valence-corrected chi connectivity index (χ4v) is 2.35. The van der Waals surface area contributed by atoms with Crippen LogP contribution in [0.25, 0.3) is 22.0 Å². The minimum atomic E-state index is -0.461. The van der Waals surface area contributed by atoms with E-state index in [-0.39, 0.29) is 11.5 Å². The van der Waals surface area contributed by atoms with Crippen molar-refractivity contribution in [2.24, 2.45) is 0 Å². The number of hydrogen-bond acceptors (Lipinski definition) is 3. The molecule has 0 aliphatic rings. The molecule has 0 radical (unpaired) electrons. The largest absolute Gasteiger partial charge is 0.461 e. The fraction of sp³-hybridized carbons (Fsp3) is 0.111. The Morgan fingerprint density at radius 1 is 1.14 bits per heavy atom. The van der Waals surface area contributed by atoms with Crippen LogP contribution >= 0.6 is 0 Å². The summed E-state index contributed by atoms with van der Waals surface area (Å²) in [6.45, 7) is 2.04. The summed E-state index contributed by atoms with van der Waals surface area (Å²) in [6.07, 6.45) is 0. The maximum Gasteiger partial charge on any atom is 0.356 e. The van der Waals surface area contributed by atoms with Crippen LogP contribution in [0.2, 0.25) is 0 Å². The van der Waals surface area contributed by atoms with Gasteiger partial charge in [-0.2, -0.15) is 0 Å². The Hall–Kier alpha value is -2.75. The molecule has 0 fully saturated rings. The number of para-hydroxylation sites is 1. The van der Waals surface area contributed by atoms with E-state index in [1.165, 1.54) is 12.1 Å². The Labute approximate surface area is 127 Å². The molecule has 0 aliphatic carbocycles. The second-order valence-corrected chi connectivity index (χ2v) is 4.80. The van der Waals surface area contributed by atoms with Crippen molar-refractivity contribution in [3.63, 3.8) is 0 Å². The van der Waals surface area contributed by atoms with Crippen molar-refractivity contribution in [3.05, 3.63) is 66.1 Å². The third-order valence-corrected chi connectivity index (χ3v) is 3.36. The highest BCUT2D eigenvalue weighted by Crippen LogP contribution is 2.29. The molecule has 3 aromatic rings. The summed E-state index contributed by atoms with van der Waals surface area (Å²) >= 11 is 0. The first kappa shape index (κ1) is 14.2. The van der Waals surface area contributed by atoms with E-state index in [2.05, 4.69) is 4.98 Å². The van der Waals surface area contributed by atoms with Gasteiger partial charge in [-0.25, -0.2) is 14.2 Å². The Bertz CT molecular complexity index is 828. The number of rotatable bonds is 3. The van der Waals surface area contributed by atoms with Crippen LogP contribution in [0.4, 0.5) is 4.39 Å². The number of aromatic nitrogens is 1. The number of carbonyl (C=O) groups excluding carboxylic acids is 1. The molecule has 3 nitrogen and oxygen atoms in total. The van der Waals surface area contributed by atoms with Gasteiger partial charge in [0.2, 0.25) is 0 Å². The number of fused-ring (bicyclic) bond motifs is 1. The van der Waals surface area contributed by atoms with Crippen LogP contribution in [0.5, 0.6) is 0 Å². The maximum absolute atomic E-state index is 13.1. The van der Waals surface area contributed by atoms with Gasteiger partial charge in [-0.15, -0.1) is 0 Å². The number of ether oxygens (including phenoxy) is 1. The molecule has 4 heteroatoms. The zero-order valence-corrected chi connectivity index (χ0v) is 12.0. The molecular formula is C18H14FNO2. The molecule has 0 N–H and O–H groups in total. The summed E-state index contributed by atoms with van der Waals surface area (Å²) in [7, 11) is 0. The number of halogens is 1. The maximum atomic E-state index is 13.1. The van der Waals surface area contributed by atoms with Gasteiger partial charge in [0.1, 0.15) is 11.5 Å². The lowest BCUT2D eigenvalue weighted by Gasteiger charge is -2.09. The number of hydrogen-bond donors (Lipinski definition) is 0. The Morgan fingerprint density at radius 2 is 1.86 bits per heavy atom. The molecule has 0 aliphatic heterocycles. The van der Waals surface area contributed by atoms with Crippen molar-refractivity contribution in [2.45, 2.75) is 6.92 Å². The average Bonchev–Trinajstić information content (AvgIpc) is 2.55. The number of pyridine rings is 1. The van der Waals surface area contributed by atoms with Gasteiger partial charge >= 0.3 is 5.97 Å². The van der Waals surface area contributed by atoms with Crippen LogP contribution in [0.15, 0.2) is 54.6 Å². The van der Waals surface area contributed by atoms with Crippen molar-refractivity contribution in [3.8, 4) is 11.1 Å². The molecular weight excluding hydrogens is 281 g/mol. The number of esters is 1. The first-order chi connectivity index (χ1) is 10.7. The van der Waals surface area contributed by atoms with Gasteiger partial charge in [0.25, 0.3) is 0 Å². The number of nitrogens with zero attached hydrogens (tertiary/aromatic N) is 1. The van der Waals surface area contributed by atoms with Crippen LogP contribution < -0.4 is 0 Å². The summed E-state index contributed by atoms with van der Waals surface area (Å²) < 4.78 is 18.2. The summed E-state index contributed by atoms with van der Waals surface area (Å²) in [6, 6.07) is 15.4. The van der Waals surface area contributed by atoms with E-state index in [4.69, 9.17) is 4.74 Å². The Kier molecular flexibility index (Phi) is 3.83. The van der Waals surface area contributed by atoms with Crippen LogP contribution in [0.1, 0.15) is 17.4 Å². The molecule has 1 heterocycles. The lowest BCUT2D eigenvalue weighted by molar-refractivity contribution is 0.0520. The molecule has 0 bridgehead atoms. The van der Waals surface area contributed by atoms with Gasteiger partial charge in [0.05, 0.1) is 12.1 Å². The summed E-state index contributed by atoms with van der Waals surface area (Å²) in [5.41, 5.74) is 2.60. The highest BCUT2D eigenvalue weighted by molar-refractivity contribution is 5.99. The smallest absolute Gasteiger partial charge is 0.356 e. The van der Waals surface area contributed by atoms with Gasteiger partial charge in [0.15, 0.2) is 0 Å². The minimum Gasteiger partial charge on any atom is -0.461 e. The molecule has 3 rings (SSSR count). The normalized spacial score (nSPS) is 10.6. The van der Waals surface area contributed by atoms with Crippen molar-refractivity contribution < 1.29 is 13.9 Å². The van der Waals surface area contributed by atoms with E-state index in [1.807, 2.05) is 24.3 Å². The first-order valence-electron chi connectivity index (χ1n) is 7.02. The zero-order chi connectivity index (χ0) is 15.5. The van der Waals surface area contributed by atoms with E-state index in [0.29, 0.717) is 12.1 Å². The molecule has 0 saturated heterocycles. The third kappa shape index (κ3) is 2.68. The quantitative estimate of drug-likeness (QED) is 0.679. The topological polar surface area (TPSA) is 39.2 Å². The van der Waals surface area contributed by atoms with Crippen molar-refractivity contribution >= 4 is 16.9 Å². The summed E-state index contributed by atoms with van der Waals surface area (Å²) in [5.74, 6) is -0.760. The Balaban J connectivity index is 2.22. The zero-order valence-electron chi connectivity index (χ0n) is 12.0. The van der Waals surface area contributed by atoms with Crippen molar-refractivity contribution in [1.82, 2.24) is 4.98 Å². The Morgan fingerprint density at radius 3 is 2.59 bits per heavy atom. The lowest BCUT2D eigenvalue weighted by atomic mass is 10.00. The fourth-order valence-electron chi connectivity index (χ4n) is 2.35. The van der Waals surface area contributed by atoms with Gasteiger partial charge in [-0.05, 0) is 42.3 Å². The molecule has 0 spiro atoms. The van der Waals surface area contributed by atoms with Gasteiger partial charge < -0.3 is 4.74 Å². The van der Waals surface area contributed by atoms with Crippen LogP contribution in [-0.2, 0) is 4.74 Å². The van der Waals surface area contributed by atoms with Gasteiger partial charge in [-0.1, -0.05) is 30.3 Å². The molecule has 110 valence electrons. The van der Waals surface area contributed by atoms with Gasteiger partial charge in [0, 0.05) is 5.39 Å². The highest BCUT2D eigenvalue weighted by Gasteiger charge is 2.13. The SMILES string of the molecule is CCOC(=O)c1cc(-c2ccc(F)cc2)c2ccccc2n1. The third-order valence-electron chi connectivity index (χ3n) is 3.36. The lowest BCUT2D eigenvalue weighted by Crippen LogP contribution is -2.07. The second-order valence-electron chi connectivity index (χ2n) is 4.80. The molecule has 0 atom stereocenters. The van der Waals surface area contributed by atoms with Crippen LogP contribution in [-0.4, -0.2) is 17.6 Å². The van der Waals surface area contributed by atoms with Crippen LogP contribution in [0, 0.1) is 5.82 Å². The monoisotopic (exact) mass is 295 g/mol. The molecule has 2 aromatic carbocycles. The summed E-state index contributed by atoms with van der Waals surface area (Å²) in [4.78, 5) is 16.3. The second kappa shape index (κ2) is 5.93. The average molecular weight is 295 g/mol. The molecule has 0 amide bonds. The summed E-state index contributed by atoms with van der Waals surface area (Å²) in [5, 5.41) is 0.905. The molecule has 0 unspecified atom stereocenters. The van der Waals surface area contributed by atoms with Crippen LogP contribution in [0.3, 0.4) is 0 Å². The van der Waals surface area contributed by atoms with Crippen molar-refractivity contribution in [2.75, 3.05) is 6.61 Å². The standard InChI is InChI=1S/C18H14FNO2/c1-2-22-18(21)17-11-15(12-7-9-13(19)10-8-12)14-5-3-4-6-16(14)20-17/h3-11H,2H2,1H3. The van der Waals surface area contributed by atoms with Gasteiger partial charge in [-0.3, -0.25) is 0 Å². The molecule has 22 heavy (non-hydrogen) atoms. The van der Waals surface area contributed by atoms with E-state index < -0.39 is 5.97 Å². The van der Waals surface area contributed by atoms with Crippen molar-refractivity contribution in [1.29, 1.82) is 0 Å². The number of benzene rings is 2. The first-order valence-corrected chi connectivity index (χ1v) is 7.02. The predicted molar refractivity (Wildman–Crippen MR) is 83.1 cm³/mol. The minimum absolute atomic E-state index is 0.250. The highest BCUT2D eigenvalue weighted by atomic mass is 19.1. The number of carbonyl (C=O) groups is 1. The molecule has 1 aromatic heterocycles. The van der Waals surface area contributed by atoms with E-state index >= 15 is 0 Å². The molecule has 0 saturated carbocycles. The van der Waals surface area contributed by atoms with E-state index in [0.717, 1.165) is 16.5 Å².